The fourth-order valence-corrected chi connectivity index (χ4v) is 4.94. The van der Waals surface area contributed by atoms with E-state index < -0.39 is 0 Å². The fourth-order valence-electron chi connectivity index (χ4n) is 4.94. The summed E-state index contributed by atoms with van der Waals surface area (Å²) < 4.78 is 16.4. The maximum absolute atomic E-state index is 14.9. The molecule has 3 heterocycles. The summed E-state index contributed by atoms with van der Waals surface area (Å²) >= 11 is 0. The van der Waals surface area contributed by atoms with Crippen molar-refractivity contribution < 1.29 is 4.39 Å². The Balaban J connectivity index is 1.23. The highest BCUT2D eigenvalue weighted by molar-refractivity contribution is 5.68. The molecule has 2 aromatic carbocycles. The number of piperazine rings is 1. The summed E-state index contributed by atoms with van der Waals surface area (Å²) in [6.45, 7) is 3.43. The van der Waals surface area contributed by atoms with Gasteiger partial charge in [0.1, 0.15) is 5.82 Å². The summed E-state index contributed by atoms with van der Waals surface area (Å²) in [5, 5.41) is 16.5. The van der Waals surface area contributed by atoms with Crippen LogP contribution in [0, 0.1) is 5.82 Å². The number of halogens is 1. The third-order valence-corrected chi connectivity index (χ3v) is 6.92. The Labute approximate surface area is 208 Å². The molecule has 2 aliphatic rings. The Hall–Kier alpha value is -4.05. The maximum atomic E-state index is 14.9. The summed E-state index contributed by atoms with van der Waals surface area (Å²) in [5.41, 5.74) is 11.7. The van der Waals surface area contributed by atoms with E-state index in [2.05, 4.69) is 60.6 Å². The van der Waals surface area contributed by atoms with E-state index in [0.717, 1.165) is 62.3 Å². The number of fused-ring (bicyclic) bond motifs is 3. The van der Waals surface area contributed by atoms with Crippen LogP contribution in [-0.4, -0.2) is 63.1 Å². The minimum Gasteiger partial charge on any atom is -0.368 e. The molecule has 4 aromatic rings. The number of anilines is 4. The molecule has 0 unspecified atom stereocenters. The van der Waals surface area contributed by atoms with Gasteiger partial charge in [-0.2, -0.15) is 9.67 Å². The molecule has 0 radical (unpaired) electrons. The lowest BCUT2D eigenvalue weighted by Gasteiger charge is -2.34. The van der Waals surface area contributed by atoms with Gasteiger partial charge >= 0.3 is 0 Å². The van der Waals surface area contributed by atoms with E-state index in [4.69, 9.17) is 5.73 Å². The molecule has 1 fully saturated rings. The van der Waals surface area contributed by atoms with Gasteiger partial charge in [-0.25, -0.2) is 4.39 Å². The Kier molecular flexibility index (Phi) is 5.73. The number of nitrogens with one attached hydrogen (secondary N) is 1. The van der Waals surface area contributed by atoms with Crippen molar-refractivity contribution in [1.29, 1.82) is 0 Å². The predicted octanol–water partition coefficient (Wildman–Crippen LogP) is 3.43. The zero-order valence-electron chi connectivity index (χ0n) is 20.2. The largest absolute Gasteiger partial charge is 0.368 e. The van der Waals surface area contributed by atoms with Crippen LogP contribution in [0.25, 0.3) is 17.1 Å². The average Bonchev–Trinajstić information content (AvgIpc) is 3.14. The van der Waals surface area contributed by atoms with Crippen LogP contribution in [0.5, 0.6) is 0 Å². The zero-order valence-corrected chi connectivity index (χ0v) is 20.2. The second-order valence-corrected chi connectivity index (χ2v) is 9.37. The molecule has 0 saturated carbocycles. The van der Waals surface area contributed by atoms with Crippen molar-refractivity contribution in [2.75, 3.05) is 49.2 Å². The summed E-state index contributed by atoms with van der Waals surface area (Å²) in [5.74, 6) is 0.660. The molecule has 9 nitrogen and oxygen atoms in total. The SMILES string of the molecule is CN1CCN(c2ccc(Nc3nc(N)n(-c4cc5c(nn4)-c4ccccc4CCC5)n3)cc2F)CC1. The summed E-state index contributed by atoms with van der Waals surface area (Å²) in [7, 11) is 2.08. The third kappa shape index (κ3) is 4.24. The Morgan fingerprint density at radius 2 is 1.75 bits per heavy atom. The molecule has 0 bridgehead atoms. The molecular weight excluding hydrogens is 457 g/mol. The first kappa shape index (κ1) is 22.4. The molecule has 0 atom stereocenters. The van der Waals surface area contributed by atoms with E-state index in [1.54, 1.807) is 6.07 Å². The standard InChI is InChI=1S/C26H28FN9/c1-34-11-13-35(14-12-34)22-10-9-19(16-21(22)27)29-26-30-25(28)36(33-26)23-15-18-7-4-6-17-5-2-3-8-20(17)24(18)32-31-23/h2-3,5,8-10,15-16H,4,6-7,11-14H2,1H3,(H3,28,29,30,33). The number of aryl methyl sites for hydroxylation is 2. The predicted molar refractivity (Wildman–Crippen MR) is 138 cm³/mol. The molecule has 2 aromatic heterocycles. The highest BCUT2D eigenvalue weighted by Crippen LogP contribution is 2.31. The van der Waals surface area contributed by atoms with E-state index in [0.29, 0.717) is 17.2 Å². The first-order valence-corrected chi connectivity index (χ1v) is 12.2. The Morgan fingerprint density at radius 1 is 0.944 bits per heavy atom. The minimum absolute atomic E-state index is 0.176. The van der Waals surface area contributed by atoms with Crippen molar-refractivity contribution >= 4 is 23.3 Å². The fraction of sp³-hybridized carbons (Fsp3) is 0.308. The number of hydrogen-bond acceptors (Lipinski definition) is 8. The number of rotatable bonds is 4. The highest BCUT2D eigenvalue weighted by atomic mass is 19.1. The number of nitrogen functional groups attached to an aromatic ring is 1. The number of aromatic nitrogens is 5. The third-order valence-electron chi connectivity index (χ3n) is 6.92. The summed E-state index contributed by atoms with van der Waals surface area (Å²) in [6.07, 6.45) is 2.93. The van der Waals surface area contributed by atoms with Crippen LogP contribution < -0.4 is 16.0 Å². The van der Waals surface area contributed by atoms with Crippen LogP contribution in [0.1, 0.15) is 17.5 Å². The number of hydrogen-bond donors (Lipinski definition) is 2. The number of benzene rings is 2. The minimum atomic E-state index is -0.283. The molecule has 36 heavy (non-hydrogen) atoms. The van der Waals surface area contributed by atoms with Crippen molar-refractivity contribution in [3.05, 3.63) is 65.5 Å². The zero-order chi connectivity index (χ0) is 24.6. The van der Waals surface area contributed by atoms with Gasteiger partial charge in [-0.3, -0.25) is 0 Å². The molecular formula is C26H28FN9. The van der Waals surface area contributed by atoms with Gasteiger partial charge in [-0.15, -0.1) is 15.3 Å². The number of likely N-dealkylation sites (N-methyl/N-ethyl adjacent to an activating group) is 1. The van der Waals surface area contributed by atoms with Crippen LogP contribution in [-0.2, 0) is 12.8 Å². The summed E-state index contributed by atoms with van der Waals surface area (Å²) in [4.78, 5) is 8.62. The molecule has 0 amide bonds. The number of nitrogens with zero attached hydrogens (tertiary/aromatic N) is 7. The van der Waals surface area contributed by atoms with Gasteiger partial charge in [0.05, 0.1) is 11.4 Å². The molecule has 6 rings (SSSR count). The van der Waals surface area contributed by atoms with Crippen molar-refractivity contribution in [3.8, 4) is 17.1 Å². The van der Waals surface area contributed by atoms with E-state index in [1.807, 2.05) is 18.2 Å². The second kappa shape index (κ2) is 9.19. The van der Waals surface area contributed by atoms with E-state index in [1.165, 1.54) is 16.3 Å². The second-order valence-electron chi connectivity index (χ2n) is 9.37. The topological polar surface area (TPSA) is 101 Å². The van der Waals surface area contributed by atoms with E-state index in [-0.39, 0.29) is 17.7 Å². The first-order chi connectivity index (χ1) is 17.5. The lowest BCUT2D eigenvalue weighted by Crippen LogP contribution is -2.44. The van der Waals surface area contributed by atoms with E-state index >= 15 is 0 Å². The van der Waals surface area contributed by atoms with Crippen molar-refractivity contribution in [1.82, 2.24) is 29.9 Å². The van der Waals surface area contributed by atoms with Gasteiger partial charge < -0.3 is 20.9 Å². The molecule has 1 aliphatic carbocycles. The first-order valence-electron chi connectivity index (χ1n) is 12.2. The lowest BCUT2D eigenvalue weighted by molar-refractivity contribution is 0.311. The van der Waals surface area contributed by atoms with Crippen LogP contribution in [0.4, 0.5) is 27.7 Å². The van der Waals surface area contributed by atoms with Crippen molar-refractivity contribution in [2.45, 2.75) is 19.3 Å². The van der Waals surface area contributed by atoms with E-state index in [9.17, 15) is 4.39 Å². The molecule has 184 valence electrons. The van der Waals surface area contributed by atoms with Gasteiger partial charge in [0.2, 0.25) is 11.9 Å². The van der Waals surface area contributed by atoms with Gasteiger partial charge in [-0.1, -0.05) is 24.3 Å². The molecule has 10 heteroatoms. The smallest absolute Gasteiger partial charge is 0.248 e. The van der Waals surface area contributed by atoms with Crippen molar-refractivity contribution in [2.24, 2.45) is 0 Å². The van der Waals surface area contributed by atoms with Gasteiger partial charge in [0.25, 0.3) is 0 Å². The Morgan fingerprint density at radius 3 is 2.58 bits per heavy atom. The Bertz CT molecular complexity index is 1410. The maximum Gasteiger partial charge on any atom is 0.248 e. The van der Waals surface area contributed by atoms with Crippen LogP contribution in [0.3, 0.4) is 0 Å². The molecule has 1 aliphatic heterocycles. The quantitative estimate of drug-likeness (QED) is 0.454. The van der Waals surface area contributed by atoms with Crippen LogP contribution >= 0.6 is 0 Å². The van der Waals surface area contributed by atoms with Gasteiger partial charge in [-0.05, 0) is 61.7 Å². The average molecular weight is 486 g/mol. The van der Waals surface area contributed by atoms with Crippen molar-refractivity contribution in [3.63, 3.8) is 0 Å². The normalized spacial score (nSPS) is 15.8. The number of nitrogens with two attached hydrogens (primary N) is 1. The molecule has 3 N–H and O–H groups in total. The molecule has 0 spiro atoms. The van der Waals surface area contributed by atoms with Gasteiger partial charge in [0.15, 0.2) is 5.82 Å². The molecule has 1 saturated heterocycles. The van der Waals surface area contributed by atoms with Crippen LogP contribution in [0.15, 0.2) is 48.5 Å². The van der Waals surface area contributed by atoms with Crippen LogP contribution in [0.2, 0.25) is 0 Å². The summed E-state index contributed by atoms with van der Waals surface area (Å²) in [6, 6.07) is 15.4. The van der Waals surface area contributed by atoms with Gasteiger partial charge in [0, 0.05) is 37.4 Å². The monoisotopic (exact) mass is 485 g/mol. The lowest BCUT2D eigenvalue weighted by atomic mass is 10.0. The highest BCUT2D eigenvalue weighted by Gasteiger charge is 2.20.